The molecule has 1 aromatic rings. The van der Waals surface area contributed by atoms with Crippen LogP contribution in [0.15, 0.2) is 24.3 Å². The second-order valence-corrected chi connectivity index (χ2v) is 5.28. The Morgan fingerprint density at radius 1 is 1.20 bits per heavy atom. The molecule has 0 aliphatic heterocycles. The molecule has 1 fully saturated rings. The van der Waals surface area contributed by atoms with Crippen LogP contribution in [0, 0.1) is 0 Å². The summed E-state index contributed by atoms with van der Waals surface area (Å²) < 4.78 is 5.87. The molecule has 0 spiro atoms. The van der Waals surface area contributed by atoms with E-state index in [1.165, 1.54) is 12.8 Å². The van der Waals surface area contributed by atoms with E-state index in [9.17, 15) is 4.79 Å². The molecule has 0 atom stereocenters. The molecule has 1 amide bonds. The van der Waals surface area contributed by atoms with E-state index in [1.807, 2.05) is 24.3 Å². The maximum absolute atomic E-state index is 11.6. The second kappa shape index (κ2) is 7.90. The van der Waals surface area contributed by atoms with Crippen molar-refractivity contribution in [2.45, 2.75) is 51.0 Å². The molecule has 0 heterocycles. The van der Waals surface area contributed by atoms with Gasteiger partial charge in [-0.2, -0.15) is 0 Å². The summed E-state index contributed by atoms with van der Waals surface area (Å²) in [5.74, 6) is 0.859. The van der Waals surface area contributed by atoms with Crippen LogP contribution in [-0.4, -0.2) is 23.7 Å². The molecular formula is C16H23NO3. The van der Waals surface area contributed by atoms with E-state index in [4.69, 9.17) is 9.84 Å². The lowest BCUT2D eigenvalue weighted by atomic mass is 10.2. The number of nitrogens with one attached hydrogen (secondary N) is 1. The van der Waals surface area contributed by atoms with Gasteiger partial charge in [0.2, 0.25) is 5.91 Å². The average Bonchev–Trinajstić information content (AvgIpc) is 2.94. The fourth-order valence-electron chi connectivity index (χ4n) is 2.44. The number of hydrogen-bond acceptors (Lipinski definition) is 3. The predicted octanol–water partition coefficient (Wildman–Crippen LogP) is 3.11. The fraction of sp³-hybridized carbons (Fsp3) is 0.562. The number of aliphatic hydroxyl groups excluding tert-OH is 1. The van der Waals surface area contributed by atoms with E-state index < -0.39 is 0 Å². The summed E-state index contributed by atoms with van der Waals surface area (Å²) in [4.78, 5) is 11.6. The van der Waals surface area contributed by atoms with Crippen molar-refractivity contribution < 1.29 is 14.6 Å². The zero-order valence-corrected chi connectivity index (χ0v) is 11.8. The summed E-state index contributed by atoms with van der Waals surface area (Å²) in [6, 6.07) is 7.55. The molecule has 2 N–H and O–H groups in total. The van der Waals surface area contributed by atoms with Crippen LogP contribution in [0.4, 0.5) is 5.69 Å². The summed E-state index contributed by atoms with van der Waals surface area (Å²) in [7, 11) is 0. The van der Waals surface area contributed by atoms with Crippen LogP contribution in [0.2, 0.25) is 0 Å². The number of benzene rings is 1. The van der Waals surface area contributed by atoms with E-state index in [-0.39, 0.29) is 12.5 Å². The third-order valence-corrected chi connectivity index (χ3v) is 3.55. The molecule has 1 aliphatic carbocycles. The molecule has 0 unspecified atom stereocenters. The minimum Gasteiger partial charge on any atom is -0.490 e. The number of unbranched alkanes of at least 4 members (excludes halogenated alkanes) is 1. The quantitative estimate of drug-likeness (QED) is 0.753. The van der Waals surface area contributed by atoms with Crippen molar-refractivity contribution in [2.24, 2.45) is 0 Å². The summed E-state index contributed by atoms with van der Waals surface area (Å²) in [6.07, 6.45) is 6.98. The number of rotatable bonds is 7. The highest BCUT2D eigenvalue weighted by Gasteiger charge is 2.16. The Labute approximate surface area is 120 Å². The van der Waals surface area contributed by atoms with Crippen molar-refractivity contribution >= 4 is 11.6 Å². The molecule has 1 saturated carbocycles. The average molecular weight is 277 g/mol. The van der Waals surface area contributed by atoms with Gasteiger partial charge in [-0.1, -0.05) is 0 Å². The van der Waals surface area contributed by atoms with Gasteiger partial charge in [0.15, 0.2) is 0 Å². The third kappa shape index (κ3) is 4.85. The van der Waals surface area contributed by atoms with Crippen LogP contribution in [0.1, 0.15) is 44.9 Å². The van der Waals surface area contributed by atoms with Crippen LogP contribution in [-0.2, 0) is 4.79 Å². The van der Waals surface area contributed by atoms with E-state index in [0.717, 1.165) is 24.3 Å². The van der Waals surface area contributed by atoms with E-state index in [0.29, 0.717) is 25.4 Å². The van der Waals surface area contributed by atoms with Gasteiger partial charge >= 0.3 is 0 Å². The predicted molar refractivity (Wildman–Crippen MR) is 78.9 cm³/mol. The number of aliphatic hydroxyl groups is 1. The highest BCUT2D eigenvalue weighted by atomic mass is 16.5. The second-order valence-electron chi connectivity index (χ2n) is 5.28. The first-order chi connectivity index (χ1) is 9.78. The molecule has 1 aliphatic rings. The highest BCUT2D eigenvalue weighted by Crippen LogP contribution is 2.25. The van der Waals surface area contributed by atoms with Gasteiger partial charge in [-0.05, 0) is 62.8 Å². The molecular weight excluding hydrogens is 254 g/mol. The number of amides is 1. The minimum atomic E-state index is -0.0112. The first-order valence-corrected chi connectivity index (χ1v) is 7.45. The van der Waals surface area contributed by atoms with E-state index in [2.05, 4.69) is 5.32 Å². The van der Waals surface area contributed by atoms with Gasteiger partial charge in [-0.15, -0.1) is 0 Å². The number of hydrogen-bond donors (Lipinski definition) is 2. The Morgan fingerprint density at radius 2 is 1.90 bits per heavy atom. The summed E-state index contributed by atoms with van der Waals surface area (Å²) >= 11 is 0. The van der Waals surface area contributed by atoms with Crippen molar-refractivity contribution in [2.75, 3.05) is 11.9 Å². The summed E-state index contributed by atoms with van der Waals surface area (Å²) in [5.41, 5.74) is 0.790. The Balaban J connectivity index is 1.77. The molecule has 0 saturated heterocycles. The van der Waals surface area contributed by atoms with Crippen LogP contribution < -0.4 is 10.1 Å². The lowest BCUT2D eigenvalue weighted by Crippen LogP contribution is -2.12. The minimum absolute atomic E-state index is 0.0112. The molecule has 0 bridgehead atoms. The number of carbonyl (C=O) groups is 1. The third-order valence-electron chi connectivity index (χ3n) is 3.55. The Kier molecular flexibility index (Phi) is 5.87. The molecule has 2 rings (SSSR count). The maximum Gasteiger partial charge on any atom is 0.224 e. The molecule has 110 valence electrons. The standard InChI is InChI=1S/C16H23NO3/c18-12-4-3-7-16(19)17-13-8-10-15(11-9-13)20-14-5-1-2-6-14/h8-11,14,18H,1-7,12H2,(H,17,19). The van der Waals surface area contributed by atoms with Gasteiger partial charge in [-0.3, -0.25) is 4.79 Å². The molecule has 1 aromatic carbocycles. The SMILES string of the molecule is O=C(CCCCO)Nc1ccc(OC2CCCC2)cc1. The molecule has 4 heteroatoms. The van der Waals surface area contributed by atoms with Crippen molar-refractivity contribution in [3.8, 4) is 5.75 Å². The first-order valence-electron chi connectivity index (χ1n) is 7.45. The van der Waals surface area contributed by atoms with Gasteiger partial charge in [-0.25, -0.2) is 0 Å². The Bertz CT molecular complexity index is 410. The highest BCUT2D eigenvalue weighted by molar-refractivity contribution is 5.90. The first kappa shape index (κ1) is 14.9. The number of anilines is 1. The van der Waals surface area contributed by atoms with Gasteiger partial charge < -0.3 is 15.2 Å². The van der Waals surface area contributed by atoms with Crippen LogP contribution in [0.25, 0.3) is 0 Å². The number of ether oxygens (including phenoxy) is 1. The Morgan fingerprint density at radius 3 is 2.55 bits per heavy atom. The van der Waals surface area contributed by atoms with Crippen molar-refractivity contribution in [3.05, 3.63) is 24.3 Å². The largest absolute Gasteiger partial charge is 0.490 e. The zero-order valence-electron chi connectivity index (χ0n) is 11.8. The van der Waals surface area contributed by atoms with Crippen LogP contribution in [0.5, 0.6) is 5.75 Å². The van der Waals surface area contributed by atoms with Gasteiger partial charge in [0.1, 0.15) is 5.75 Å². The Hall–Kier alpha value is -1.55. The lowest BCUT2D eigenvalue weighted by Gasteiger charge is -2.13. The van der Waals surface area contributed by atoms with Gasteiger partial charge in [0, 0.05) is 18.7 Å². The molecule has 0 radical (unpaired) electrons. The van der Waals surface area contributed by atoms with Crippen molar-refractivity contribution in [3.63, 3.8) is 0 Å². The summed E-state index contributed by atoms with van der Waals surface area (Å²) in [5, 5.41) is 11.5. The van der Waals surface area contributed by atoms with E-state index in [1.54, 1.807) is 0 Å². The monoisotopic (exact) mass is 277 g/mol. The molecule has 4 nitrogen and oxygen atoms in total. The molecule has 0 aromatic heterocycles. The van der Waals surface area contributed by atoms with Crippen molar-refractivity contribution in [1.82, 2.24) is 0 Å². The van der Waals surface area contributed by atoms with E-state index >= 15 is 0 Å². The number of carbonyl (C=O) groups excluding carboxylic acids is 1. The van der Waals surface area contributed by atoms with Gasteiger partial charge in [0.05, 0.1) is 6.10 Å². The summed E-state index contributed by atoms with van der Waals surface area (Å²) in [6.45, 7) is 0.139. The van der Waals surface area contributed by atoms with Crippen LogP contribution >= 0.6 is 0 Å². The van der Waals surface area contributed by atoms with Gasteiger partial charge in [0.25, 0.3) is 0 Å². The normalized spacial score (nSPS) is 15.2. The lowest BCUT2D eigenvalue weighted by molar-refractivity contribution is -0.116. The zero-order chi connectivity index (χ0) is 14.2. The van der Waals surface area contributed by atoms with Crippen molar-refractivity contribution in [1.29, 1.82) is 0 Å². The topological polar surface area (TPSA) is 58.6 Å². The fourth-order valence-corrected chi connectivity index (χ4v) is 2.44. The smallest absolute Gasteiger partial charge is 0.224 e. The van der Waals surface area contributed by atoms with Crippen LogP contribution in [0.3, 0.4) is 0 Å². The molecule has 20 heavy (non-hydrogen) atoms. The maximum atomic E-state index is 11.6.